The van der Waals surface area contributed by atoms with Gasteiger partial charge in [0, 0.05) is 25.7 Å². The zero-order valence-corrected chi connectivity index (χ0v) is 14.5. The van der Waals surface area contributed by atoms with Crippen molar-refractivity contribution in [2.75, 3.05) is 5.75 Å². The molecule has 1 aliphatic heterocycles. The van der Waals surface area contributed by atoms with Crippen LogP contribution in [0.2, 0.25) is 0 Å². The number of nitrogens with zero attached hydrogens (tertiary/aromatic N) is 1. The molecule has 0 atom stereocenters. The highest BCUT2D eigenvalue weighted by molar-refractivity contribution is 7.85. The van der Waals surface area contributed by atoms with E-state index in [2.05, 4.69) is 0 Å². The van der Waals surface area contributed by atoms with Crippen LogP contribution in [-0.4, -0.2) is 47.4 Å². The van der Waals surface area contributed by atoms with Crippen LogP contribution >= 0.6 is 0 Å². The lowest BCUT2D eigenvalue weighted by Gasteiger charge is -2.12. The minimum atomic E-state index is -4.17. The topological polar surface area (TPSA) is 135 Å². The number of hydrogen-bond acceptors (Lipinski definition) is 7. The zero-order valence-electron chi connectivity index (χ0n) is 13.7. The lowest BCUT2D eigenvalue weighted by atomic mass is 10.0. The molecule has 0 radical (unpaired) electrons. The number of benzene rings is 1. The SMILES string of the molecule is O=C(CCS(=O)(=O)O)Cc1ccc(CC(=O)ON2C(=O)CCC2=O)cc1. The molecule has 1 heterocycles. The van der Waals surface area contributed by atoms with Gasteiger partial charge in [-0.1, -0.05) is 24.3 Å². The van der Waals surface area contributed by atoms with Crippen LogP contribution in [-0.2, 0) is 47.0 Å². The van der Waals surface area contributed by atoms with Crippen molar-refractivity contribution in [1.82, 2.24) is 5.06 Å². The number of hydroxylamine groups is 2. The van der Waals surface area contributed by atoms with Crippen LogP contribution in [0.1, 0.15) is 30.4 Å². The lowest BCUT2D eigenvalue weighted by Crippen LogP contribution is -2.32. The summed E-state index contributed by atoms with van der Waals surface area (Å²) in [6.45, 7) is 0. The number of rotatable bonds is 8. The van der Waals surface area contributed by atoms with Gasteiger partial charge in [0.15, 0.2) is 0 Å². The fraction of sp³-hybridized carbons (Fsp3) is 0.375. The molecule has 10 heteroatoms. The van der Waals surface area contributed by atoms with E-state index in [1.165, 1.54) is 0 Å². The van der Waals surface area contributed by atoms with E-state index in [0.29, 0.717) is 16.2 Å². The van der Waals surface area contributed by atoms with E-state index in [0.717, 1.165) is 0 Å². The van der Waals surface area contributed by atoms with Crippen LogP contribution in [0.5, 0.6) is 0 Å². The molecule has 0 bridgehead atoms. The maximum absolute atomic E-state index is 11.8. The Bertz CT molecular complexity index is 812. The highest BCUT2D eigenvalue weighted by Gasteiger charge is 2.32. The maximum atomic E-state index is 11.8. The van der Waals surface area contributed by atoms with Crippen molar-refractivity contribution in [1.29, 1.82) is 0 Å². The van der Waals surface area contributed by atoms with Crippen LogP contribution in [0, 0.1) is 0 Å². The Kier molecular flexibility index (Phi) is 6.22. The Balaban J connectivity index is 1.85. The van der Waals surface area contributed by atoms with E-state index >= 15 is 0 Å². The van der Waals surface area contributed by atoms with Gasteiger partial charge in [0.2, 0.25) is 0 Å². The second-order valence-corrected chi connectivity index (χ2v) is 7.36. The van der Waals surface area contributed by atoms with Crippen molar-refractivity contribution >= 4 is 33.7 Å². The van der Waals surface area contributed by atoms with Crippen LogP contribution < -0.4 is 0 Å². The van der Waals surface area contributed by atoms with Gasteiger partial charge in [0.25, 0.3) is 21.9 Å². The fourth-order valence-corrected chi connectivity index (χ4v) is 2.78. The van der Waals surface area contributed by atoms with Crippen LogP contribution in [0.25, 0.3) is 0 Å². The third-order valence-electron chi connectivity index (χ3n) is 3.61. The van der Waals surface area contributed by atoms with Crippen molar-refractivity contribution in [2.45, 2.75) is 32.1 Å². The predicted octanol–water partition coefficient (Wildman–Crippen LogP) is 0.226. The highest BCUT2D eigenvalue weighted by atomic mass is 32.2. The molecular weight excluding hydrogens is 366 g/mol. The van der Waals surface area contributed by atoms with Gasteiger partial charge in [-0.15, -0.1) is 5.06 Å². The first-order valence-electron chi connectivity index (χ1n) is 7.75. The maximum Gasteiger partial charge on any atom is 0.337 e. The molecule has 1 aromatic carbocycles. The Morgan fingerprint density at radius 3 is 2.00 bits per heavy atom. The van der Waals surface area contributed by atoms with Crippen LogP contribution in [0.15, 0.2) is 24.3 Å². The molecule has 0 unspecified atom stereocenters. The summed E-state index contributed by atoms with van der Waals surface area (Å²) in [6.07, 6.45) is -0.408. The summed E-state index contributed by atoms with van der Waals surface area (Å²) >= 11 is 0. The molecule has 140 valence electrons. The Labute approximate surface area is 149 Å². The molecule has 1 aromatic rings. The average molecular weight is 383 g/mol. The molecule has 1 aliphatic rings. The molecule has 0 aliphatic carbocycles. The normalized spacial score (nSPS) is 14.6. The molecule has 0 spiro atoms. The molecule has 0 aromatic heterocycles. The molecule has 0 saturated carbocycles. The van der Waals surface area contributed by atoms with Gasteiger partial charge in [-0.2, -0.15) is 8.42 Å². The minimum Gasteiger partial charge on any atom is -0.330 e. The van der Waals surface area contributed by atoms with Crippen molar-refractivity contribution in [3.8, 4) is 0 Å². The molecule has 1 saturated heterocycles. The summed E-state index contributed by atoms with van der Waals surface area (Å²) in [7, 11) is -4.17. The van der Waals surface area contributed by atoms with Crippen molar-refractivity contribution < 1.29 is 37.0 Å². The summed E-state index contributed by atoms with van der Waals surface area (Å²) in [6, 6.07) is 6.36. The summed E-state index contributed by atoms with van der Waals surface area (Å²) in [5, 5.41) is 0.477. The lowest BCUT2D eigenvalue weighted by molar-refractivity contribution is -0.197. The van der Waals surface area contributed by atoms with Gasteiger partial charge >= 0.3 is 5.97 Å². The Hall–Kier alpha value is -2.59. The molecule has 2 amide bonds. The summed E-state index contributed by atoms with van der Waals surface area (Å²) in [5.41, 5.74) is 1.18. The predicted molar refractivity (Wildman–Crippen MR) is 87.1 cm³/mol. The van der Waals surface area contributed by atoms with E-state index in [9.17, 15) is 27.6 Å². The number of Topliss-reactive ketones (excluding diaryl/α,β-unsaturated/α-hetero) is 1. The van der Waals surface area contributed by atoms with E-state index in [1.54, 1.807) is 24.3 Å². The van der Waals surface area contributed by atoms with E-state index in [4.69, 9.17) is 9.39 Å². The van der Waals surface area contributed by atoms with Gasteiger partial charge in [0.1, 0.15) is 5.78 Å². The first-order valence-corrected chi connectivity index (χ1v) is 9.36. The van der Waals surface area contributed by atoms with E-state index < -0.39 is 33.7 Å². The van der Waals surface area contributed by atoms with Gasteiger partial charge in [-0.3, -0.25) is 18.9 Å². The largest absolute Gasteiger partial charge is 0.337 e. The van der Waals surface area contributed by atoms with E-state index in [1.807, 2.05) is 0 Å². The summed E-state index contributed by atoms with van der Waals surface area (Å²) in [5.74, 6) is -2.83. The van der Waals surface area contributed by atoms with Crippen LogP contribution in [0.4, 0.5) is 0 Å². The second kappa shape index (κ2) is 8.19. The zero-order chi connectivity index (χ0) is 19.3. The molecule has 26 heavy (non-hydrogen) atoms. The Morgan fingerprint density at radius 2 is 1.50 bits per heavy atom. The molecular formula is C16H17NO8S. The standard InChI is InChI=1S/C16H17NO8S/c18-13(7-8-26(22,23)24)9-11-1-3-12(4-2-11)10-16(21)25-17-14(19)5-6-15(17)20/h1-4H,5-10H2,(H,22,23,24). The average Bonchev–Trinajstić information content (AvgIpc) is 2.86. The third-order valence-corrected chi connectivity index (χ3v) is 4.33. The summed E-state index contributed by atoms with van der Waals surface area (Å²) < 4.78 is 29.8. The number of ketones is 1. The number of carbonyl (C=O) groups excluding carboxylic acids is 4. The monoisotopic (exact) mass is 383 g/mol. The van der Waals surface area contributed by atoms with E-state index in [-0.39, 0.29) is 37.9 Å². The number of carbonyl (C=O) groups is 4. The number of imide groups is 1. The second-order valence-electron chi connectivity index (χ2n) is 5.79. The number of hydrogen-bond donors (Lipinski definition) is 1. The summed E-state index contributed by atoms with van der Waals surface area (Å²) in [4.78, 5) is 51.0. The smallest absolute Gasteiger partial charge is 0.330 e. The van der Waals surface area contributed by atoms with Gasteiger partial charge in [0.05, 0.1) is 12.2 Å². The number of amides is 2. The first-order chi connectivity index (χ1) is 12.1. The van der Waals surface area contributed by atoms with Gasteiger partial charge in [-0.25, -0.2) is 4.79 Å². The first kappa shape index (κ1) is 19.7. The Morgan fingerprint density at radius 1 is 1.00 bits per heavy atom. The highest BCUT2D eigenvalue weighted by Crippen LogP contribution is 2.14. The fourth-order valence-electron chi connectivity index (χ4n) is 2.29. The molecule has 2 rings (SSSR count). The quantitative estimate of drug-likeness (QED) is 0.498. The molecule has 1 fully saturated rings. The van der Waals surface area contributed by atoms with Gasteiger partial charge in [-0.05, 0) is 11.1 Å². The van der Waals surface area contributed by atoms with Crippen molar-refractivity contribution in [3.05, 3.63) is 35.4 Å². The van der Waals surface area contributed by atoms with Crippen molar-refractivity contribution in [2.24, 2.45) is 0 Å². The van der Waals surface area contributed by atoms with Crippen molar-refractivity contribution in [3.63, 3.8) is 0 Å². The molecule has 9 nitrogen and oxygen atoms in total. The minimum absolute atomic E-state index is 0.00295. The van der Waals surface area contributed by atoms with Gasteiger partial charge < -0.3 is 4.84 Å². The van der Waals surface area contributed by atoms with Crippen LogP contribution in [0.3, 0.4) is 0 Å². The molecule has 1 N–H and O–H groups in total. The third kappa shape index (κ3) is 6.05.